The topological polar surface area (TPSA) is 115 Å². The zero-order chi connectivity index (χ0) is 24.8. The predicted molar refractivity (Wildman–Crippen MR) is 129 cm³/mol. The molecule has 0 fully saturated rings. The summed E-state index contributed by atoms with van der Waals surface area (Å²) in [6.45, 7) is 2.35. The molecule has 0 aromatic heterocycles. The van der Waals surface area contributed by atoms with Gasteiger partial charge in [-0.1, -0.05) is 89.5 Å². The number of hydrogen-bond donors (Lipinski definition) is 2. The lowest BCUT2D eigenvalue weighted by atomic mass is 10.0. The molecule has 2 N–H and O–H groups in total. The van der Waals surface area contributed by atoms with Crippen molar-refractivity contribution < 1.29 is 34.2 Å². The smallest absolute Gasteiger partial charge is 0.359 e. The Morgan fingerprint density at radius 1 is 0.606 bits per heavy atom. The zero-order valence-electron chi connectivity index (χ0n) is 20.6. The Bertz CT molecular complexity index is 508. The maximum atomic E-state index is 11.1. The van der Waals surface area contributed by atoms with E-state index in [0.717, 1.165) is 25.7 Å². The molecule has 0 radical (unpaired) electrons. The zero-order valence-corrected chi connectivity index (χ0v) is 20.6. The van der Waals surface area contributed by atoms with Crippen molar-refractivity contribution in [2.75, 3.05) is 26.2 Å². The maximum absolute atomic E-state index is 11.1. The van der Waals surface area contributed by atoms with Crippen LogP contribution in [0.4, 0.5) is 0 Å². The largest absolute Gasteiger partial charge is 0.544 e. The number of carbonyl (C=O) groups excluding carboxylic acids is 1. The Kier molecular flexibility index (Phi) is 19.5. The van der Waals surface area contributed by atoms with Gasteiger partial charge in [-0.25, -0.2) is 9.59 Å². The molecule has 0 bridgehead atoms. The van der Waals surface area contributed by atoms with Crippen molar-refractivity contribution in [1.82, 2.24) is 0 Å². The third-order valence-corrected chi connectivity index (χ3v) is 6.20. The first-order chi connectivity index (χ1) is 15.8. The molecule has 0 rings (SSSR count). The van der Waals surface area contributed by atoms with Crippen LogP contribution in [0.25, 0.3) is 0 Å². The Hall–Kier alpha value is -1.89. The minimum atomic E-state index is -1.42. The van der Waals surface area contributed by atoms with Crippen molar-refractivity contribution >= 4 is 17.9 Å². The van der Waals surface area contributed by atoms with Crippen LogP contribution in [0.15, 0.2) is 12.7 Å². The number of aliphatic carboxylic acids is 3. The fourth-order valence-corrected chi connectivity index (χ4v) is 4.46. The van der Waals surface area contributed by atoms with E-state index in [-0.39, 0.29) is 6.54 Å². The van der Waals surface area contributed by atoms with Crippen molar-refractivity contribution in [3.05, 3.63) is 12.7 Å². The summed E-state index contributed by atoms with van der Waals surface area (Å²) < 4.78 is -0.498. The predicted octanol–water partition coefficient (Wildman–Crippen LogP) is 4.54. The Balaban J connectivity index is 3.74. The first-order valence-electron chi connectivity index (χ1n) is 12.9. The molecule has 0 heterocycles. The highest BCUT2D eigenvalue weighted by Crippen LogP contribution is 2.15. The second kappa shape index (κ2) is 20.7. The van der Waals surface area contributed by atoms with Crippen LogP contribution in [0.2, 0.25) is 0 Å². The molecule has 33 heavy (non-hydrogen) atoms. The molecule has 0 aliphatic heterocycles. The van der Waals surface area contributed by atoms with Crippen LogP contribution in [-0.4, -0.2) is 58.8 Å². The molecule has 0 aliphatic rings. The Morgan fingerprint density at radius 3 is 1.24 bits per heavy atom. The van der Waals surface area contributed by atoms with Crippen molar-refractivity contribution in [3.8, 4) is 0 Å². The first kappa shape index (κ1) is 31.1. The van der Waals surface area contributed by atoms with Gasteiger partial charge in [-0.15, -0.1) is 6.58 Å². The molecular weight excluding hydrogens is 422 g/mol. The molecule has 0 atom stereocenters. The van der Waals surface area contributed by atoms with E-state index in [2.05, 4.69) is 6.58 Å². The summed E-state index contributed by atoms with van der Waals surface area (Å²) in [7, 11) is 0. The molecule has 0 aromatic rings. The van der Waals surface area contributed by atoms with Crippen molar-refractivity contribution in [2.45, 2.75) is 109 Å². The average molecular weight is 470 g/mol. The number of quaternary nitrogens is 1. The maximum Gasteiger partial charge on any atom is 0.359 e. The van der Waals surface area contributed by atoms with E-state index in [1.807, 2.05) is 6.08 Å². The third-order valence-electron chi connectivity index (χ3n) is 6.20. The van der Waals surface area contributed by atoms with E-state index in [0.29, 0.717) is 6.42 Å². The van der Waals surface area contributed by atoms with Gasteiger partial charge >= 0.3 is 11.9 Å². The highest BCUT2D eigenvalue weighted by molar-refractivity contribution is 5.72. The van der Waals surface area contributed by atoms with Crippen LogP contribution in [-0.2, 0) is 14.4 Å². The quantitative estimate of drug-likeness (QED) is 0.115. The summed E-state index contributed by atoms with van der Waals surface area (Å²) in [5, 5.41) is 29.3. The number of rotatable bonds is 25. The first-order valence-corrected chi connectivity index (χ1v) is 12.9. The van der Waals surface area contributed by atoms with Crippen LogP contribution in [0, 0.1) is 0 Å². The van der Waals surface area contributed by atoms with E-state index >= 15 is 0 Å². The highest BCUT2D eigenvalue weighted by atomic mass is 16.4. The van der Waals surface area contributed by atoms with E-state index in [4.69, 9.17) is 10.2 Å². The number of hydrogen-bond acceptors (Lipinski definition) is 4. The second-order valence-corrected chi connectivity index (χ2v) is 9.43. The normalized spacial score (nSPS) is 11.4. The molecule has 192 valence electrons. The standard InChI is InChI=1S/C26H47NO6/c1-2-3-4-5-6-7-8-9-10-11-12-13-14-15-16-17-18-19-20-27(21-24(28)29,22-25(30)31)23-26(32)33/h2H,1,3-23H2,(H2-,28,29,30,31,32,33). The minimum Gasteiger partial charge on any atom is -0.544 e. The van der Waals surface area contributed by atoms with Crippen molar-refractivity contribution in [2.24, 2.45) is 0 Å². The summed E-state index contributed by atoms with van der Waals surface area (Å²) in [5.41, 5.74) is 0. The van der Waals surface area contributed by atoms with Crippen LogP contribution in [0.3, 0.4) is 0 Å². The van der Waals surface area contributed by atoms with Gasteiger partial charge in [-0.3, -0.25) is 0 Å². The Labute approximate surface area is 200 Å². The monoisotopic (exact) mass is 469 g/mol. The summed E-state index contributed by atoms with van der Waals surface area (Å²) in [6, 6.07) is 0. The molecule has 0 unspecified atom stereocenters. The fourth-order valence-electron chi connectivity index (χ4n) is 4.46. The highest BCUT2D eigenvalue weighted by Gasteiger charge is 2.33. The summed E-state index contributed by atoms with van der Waals surface area (Å²) in [4.78, 5) is 33.3. The van der Waals surface area contributed by atoms with Gasteiger partial charge in [-0.2, -0.15) is 0 Å². The number of carboxylic acids is 3. The number of allylic oxidation sites excluding steroid dienone is 1. The minimum absolute atomic E-state index is 0.224. The van der Waals surface area contributed by atoms with Gasteiger partial charge in [0.1, 0.15) is 6.54 Å². The van der Waals surface area contributed by atoms with Crippen molar-refractivity contribution in [1.29, 1.82) is 0 Å². The average Bonchev–Trinajstić information content (AvgIpc) is 2.71. The molecule has 7 nitrogen and oxygen atoms in total. The van der Waals surface area contributed by atoms with E-state index in [9.17, 15) is 19.5 Å². The van der Waals surface area contributed by atoms with Crippen LogP contribution in [0.5, 0.6) is 0 Å². The van der Waals surface area contributed by atoms with Crippen LogP contribution < -0.4 is 5.11 Å². The lowest BCUT2D eigenvalue weighted by Crippen LogP contribution is -2.59. The number of carboxylic acid groups (broad SMARTS) is 3. The second-order valence-electron chi connectivity index (χ2n) is 9.43. The molecule has 0 aliphatic carbocycles. The lowest BCUT2D eigenvalue weighted by Gasteiger charge is -2.36. The molecule has 0 saturated carbocycles. The molecule has 0 aromatic carbocycles. The van der Waals surface area contributed by atoms with Gasteiger partial charge in [0, 0.05) is 0 Å². The fraction of sp³-hybridized carbons (Fsp3) is 0.808. The number of carbonyl (C=O) groups is 3. The van der Waals surface area contributed by atoms with E-state index in [1.54, 1.807) is 0 Å². The molecule has 0 spiro atoms. The van der Waals surface area contributed by atoms with E-state index < -0.39 is 42.0 Å². The molecular formula is C26H47NO6. The van der Waals surface area contributed by atoms with E-state index in [1.165, 1.54) is 77.0 Å². The SMILES string of the molecule is C=CCCCCCCCCCCCCCCCCCC[N+](CC(=O)[O-])(CC(=O)O)CC(=O)O. The molecule has 0 amide bonds. The van der Waals surface area contributed by atoms with Gasteiger partial charge in [-0.05, 0) is 25.7 Å². The number of nitrogens with zero attached hydrogens (tertiary/aromatic N) is 1. The van der Waals surface area contributed by atoms with Crippen molar-refractivity contribution in [3.63, 3.8) is 0 Å². The molecule has 0 saturated heterocycles. The van der Waals surface area contributed by atoms with Gasteiger partial charge in [0.2, 0.25) is 0 Å². The van der Waals surface area contributed by atoms with Gasteiger partial charge in [0.15, 0.2) is 13.1 Å². The van der Waals surface area contributed by atoms with Gasteiger partial charge < -0.3 is 24.6 Å². The lowest BCUT2D eigenvalue weighted by molar-refractivity contribution is -0.909. The third kappa shape index (κ3) is 20.4. The van der Waals surface area contributed by atoms with Crippen LogP contribution >= 0.6 is 0 Å². The molecule has 7 heteroatoms. The van der Waals surface area contributed by atoms with Gasteiger partial charge in [0.25, 0.3) is 0 Å². The summed E-state index contributed by atoms with van der Waals surface area (Å²) >= 11 is 0. The van der Waals surface area contributed by atoms with Crippen LogP contribution in [0.1, 0.15) is 109 Å². The van der Waals surface area contributed by atoms with Gasteiger partial charge in [0.05, 0.1) is 12.5 Å². The number of unbranched alkanes of at least 4 members (excludes halogenated alkanes) is 16. The Morgan fingerprint density at radius 2 is 0.939 bits per heavy atom. The summed E-state index contributed by atoms with van der Waals surface area (Å²) in [6.07, 6.45) is 22.4. The summed E-state index contributed by atoms with van der Waals surface area (Å²) in [5.74, 6) is -3.81.